The van der Waals surface area contributed by atoms with Crippen molar-refractivity contribution in [3.05, 3.63) is 68.7 Å². The van der Waals surface area contributed by atoms with E-state index in [2.05, 4.69) is 21.1 Å². The van der Waals surface area contributed by atoms with Crippen LogP contribution in [-0.4, -0.2) is 6.21 Å². The molecule has 0 aliphatic carbocycles. The molecule has 0 unspecified atom stereocenters. The van der Waals surface area contributed by atoms with Crippen LogP contribution in [0.2, 0.25) is 5.02 Å². The fraction of sp³-hybridized carbons (Fsp3) is 0.133. The van der Waals surface area contributed by atoms with Crippen LogP contribution in [0.5, 0.6) is 0 Å². The second-order valence-corrected chi connectivity index (χ2v) is 5.72. The maximum absolute atomic E-state index is 12.8. The van der Waals surface area contributed by atoms with E-state index in [1.807, 2.05) is 24.3 Å². The average molecular weight is 393 g/mol. The smallest absolute Gasteiger partial charge is 0.391 e. The molecule has 0 atom stereocenters. The lowest BCUT2D eigenvalue weighted by molar-refractivity contribution is -0.137. The van der Waals surface area contributed by atoms with E-state index in [1.165, 1.54) is 12.1 Å². The number of rotatable bonds is 4. The highest BCUT2D eigenvalue weighted by molar-refractivity contribution is 9.10. The first kappa shape index (κ1) is 16.8. The van der Waals surface area contributed by atoms with Crippen molar-refractivity contribution in [2.45, 2.75) is 12.8 Å². The Balaban J connectivity index is 2.06. The molecule has 0 aliphatic heterocycles. The Morgan fingerprint density at radius 1 is 1.14 bits per heavy atom. The molecule has 2 aromatic carbocycles. The zero-order valence-electron chi connectivity index (χ0n) is 11.1. The molecule has 0 heterocycles. The molecule has 0 aliphatic rings. The van der Waals surface area contributed by atoms with Crippen LogP contribution >= 0.6 is 27.5 Å². The molecular weight excluding hydrogens is 383 g/mol. The van der Waals surface area contributed by atoms with Crippen LogP contribution in [0.3, 0.4) is 0 Å². The fourth-order valence-electron chi connectivity index (χ4n) is 1.69. The number of halogens is 5. The molecular formula is C15H10BrClF3NO. The van der Waals surface area contributed by atoms with Crippen LogP contribution in [0.1, 0.15) is 16.7 Å². The van der Waals surface area contributed by atoms with Gasteiger partial charge in [-0.2, -0.15) is 13.2 Å². The molecule has 0 amide bonds. The van der Waals surface area contributed by atoms with Crippen LogP contribution in [0.4, 0.5) is 13.2 Å². The SMILES string of the molecule is FC(F)(F)c1ccc(Cl)cc1/C=N/OCc1ccc(Br)cc1. The minimum absolute atomic E-state index is 0.143. The standard InChI is InChI=1S/C15H10BrClF3NO/c16-12-3-1-10(2-4-12)9-22-21-8-11-7-13(17)5-6-14(11)15(18,19)20/h1-8H,9H2/b21-8+. The molecule has 0 N–H and O–H groups in total. The van der Waals surface area contributed by atoms with Crippen molar-refractivity contribution in [2.75, 3.05) is 0 Å². The molecule has 2 nitrogen and oxygen atoms in total. The van der Waals surface area contributed by atoms with E-state index in [0.717, 1.165) is 22.3 Å². The number of nitrogens with zero attached hydrogens (tertiary/aromatic N) is 1. The minimum Gasteiger partial charge on any atom is -0.391 e. The molecule has 0 saturated carbocycles. The molecule has 0 aromatic heterocycles. The van der Waals surface area contributed by atoms with Gasteiger partial charge in [0.05, 0.1) is 11.8 Å². The van der Waals surface area contributed by atoms with Gasteiger partial charge in [-0.1, -0.05) is 44.8 Å². The molecule has 2 aromatic rings. The maximum atomic E-state index is 12.8. The quantitative estimate of drug-likeness (QED) is 0.485. The summed E-state index contributed by atoms with van der Waals surface area (Å²) in [6, 6.07) is 10.6. The lowest BCUT2D eigenvalue weighted by Gasteiger charge is -2.09. The predicted molar refractivity (Wildman–Crippen MR) is 83.0 cm³/mol. The third-order valence-electron chi connectivity index (χ3n) is 2.73. The van der Waals surface area contributed by atoms with Crippen LogP contribution in [-0.2, 0) is 17.6 Å². The number of hydrogen-bond acceptors (Lipinski definition) is 2. The summed E-state index contributed by atoms with van der Waals surface area (Å²) in [6.45, 7) is 0.158. The first-order chi connectivity index (χ1) is 10.4. The number of benzene rings is 2. The lowest BCUT2D eigenvalue weighted by atomic mass is 10.1. The molecule has 116 valence electrons. The first-order valence-electron chi connectivity index (χ1n) is 6.13. The monoisotopic (exact) mass is 391 g/mol. The van der Waals surface area contributed by atoms with Gasteiger partial charge in [-0.05, 0) is 35.9 Å². The molecule has 0 fully saturated rings. The Morgan fingerprint density at radius 2 is 1.82 bits per heavy atom. The van der Waals surface area contributed by atoms with E-state index in [9.17, 15) is 13.2 Å². The second kappa shape index (κ2) is 7.15. The van der Waals surface area contributed by atoms with Crippen molar-refractivity contribution in [3.63, 3.8) is 0 Å². The van der Waals surface area contributed by atoms with E-state index in [0.29, 0.717) is 0 Å². The molecule has 2 rings (SSSR count). The molecule has 0 saturated heterocycles. The van der Waals surface area contributed by atoms with E-state index >= 15 is 0 Å². The summed E-state index contributed by atoms with van der Waals surface area (Å²) in [4.78, 5) is 5.01. The van der Waals surface area contributed by atoms with Gasteiger partial charge in [0.1, 0.15) is 6.61 Å². The Bertz CT molecular complexity index is 671. The average Bonchev–Trinajstić information content (AvgIpc) is 2.44. The maximum Gasteiger partial charge on any atom is 0.417 e. The highest BCUT2D eigenvalue weighted by atomic mass is 79.9. The molecule has 7 heteroatoms. The first-order valence-corrected chi connectivity index (χ1v) is 7.30. The van der Waals surface area contributed by atoms with Crippen LogP contribution in [0.15, 0.2) is 52.1 Å². The molecule has 22 heavy (non-hydrogen) atoms. The van der Waals surface area contributed by atoms with E-state index < -0.39 is 11.7 Å². The lowest BCUT2D eigenvalue weighted by Crippen LogP contribution is -2.08. The van der Waals surface area contributed by atoms with Crippen molar-refractivity contribution in [1.82, 2.24) is 0 Å². The van der Waals surface area contributed by atoms with Gasteiger partial charge in [0.15, 0.2) is 0 Å². The van der Waals surface area contributed by atoms with E-state index in [-0.39, 0.29) is 17.2 Å². The highest BCUT2D eigenvalue weighted by Crippen LogP contribution is 2.32. The Kier molecular flexibility index (Phi) is 5.47. The van der Waals surface area contributed by atoms with Gasteiger partial charge in [-0.15, -0.1) is 0 Å². The normalized spacial score (nSPS) is 11.9. The zero-order valence-corrected chi connectivity index (χ0v) is 13.4. The molecule has 0 spiro atoms. The van der Waals surface area contributed by atoms with Crippen molar-refractivity contribution in [1.29, 1.82) is 0 Å². The van der Waals surface area contributed by atoms with Gasteiger partial charge in [0.2, 0.25) is 0 Å². The van der Waals surface area contributed by atoms with Gasteiger partial charge in [0.25, 0.3) is 0 Å². The van der Waals surface area contributed by atoms with Crippen molar-refractivity contribution in [2.24, 2.45) is 5.16 Å². The van der Waals surface area contributed by atoms with Crippen molar-refractivity contribution >= 4 is 33.7 Å². The van der Waals surface area contributed by atoms with Crippen LogP contribution in [0.25, 0.3) is 0 Å². The Hall–Kier alpha value is -1.53. The van der Waals surface area contributed by atoms with Crippen LogP contribution < -0.4 is 0 Å². The molecule has 0 radical (unpaired) electrons. The zero-order chi connectivity index (χ0) is 16.2. The summed E-state index contributed by atoms with van der Waals surface area (Å²) in [7, 11) is 0. The predicted octanol–water partition coefficient (Wildman–Crippen LogP) is 5.67. The fourth-order valence-corrected chi connectivity index (χ4v) is 2.13. The van der Waals surface area contributed by atoms with Gasteiger partial charge in [-0.3, -0.25) is 0 Å². The van der Waals surface area contributed by atoms with E-state index in [1.54, 1.807) is 0 Å². The Morgan fingerprint density at radius 3 is 2.45 bits per heavy atom. The van der Waals surface area contributed by atoms with Crippen LogP contribution in [0, 0.1) is 0 Å². The van der Waals surface area contributed by atoms with Gasteiger partial charge >= 0.3 is 6.18 Å². The minimum atomic E-state index is -4.47. The van der Waals surface area contributed by atoms with Crippen molar-refractivity contribution in [3.8, 4) is 0 Å². The third-order valence-corrected chi connectivity index (χ3v) is 3.49. The second-order valence-electron chi connectivity index (χ2n) is 4.36. The summed E-state index contributed by atoms with van der Waals surface area (Å²) in [5.41, 5.74) is -0.105. The third kappa shape index (κ3) is 4.74. The number of alkyl halides is 3. The summed E-state index contributed by atoms with van der Waals surface area (Å²) < 4.78 is 39.5. The summed E-state index contributed by atoms with van der Waals surface area (Å²) in [5, 5.41) is 3.78. The Labute approximate surface area is 138 Å². The van der Waals surface area contributed by atoms with Gasteiger partial charge < -0.3 is 4.84 Å². The largest absolute Gasteiger partial charge is 0.417 e. The van der Waals surface area contributed by atoms with Gasteiger partial charge in [0, 0.05) is 15.1 Å². The van der Waals surface area contributed by atoms with Crippen molar-refractivity contribution < 1.29 is 18.0 Å². The highest BCUT2D eigenvalue weighted by Gasteiger charge is 2.32. The number of hydrogen-bond donors (Lipinski definition) is 0. The summed E-state index contributed by atoms with van der Waals surface area (Å²) in [5.74, 6) is 0. The van der Waals surface area contributed by atoms with E-state index in [4.69, 9.17) is 16.4 Å². The summed E-state index contributed by atoms with van der Waals surface area (Å²) >= 11 is 9.02. The van der Waals surface area contributed by atoms with Gasteiger partial charge in [-0.25, -0.2) is 0 Å². The summed E-state index contributed by atoms with van der Waals surface area (Å²) in [6.07, 6.45) is -3.47. The molecule has 0 bridgehead atoms. The number of oxime groups is 1. The topological polar surface area (TPSA) is 21.6 Å².